The number of hydrogen-bond donors (Lipinski definition) is 0. The molecule has 0 N–H and O–H groups in total. The van der Waals surface area contributed by atoms with Crippen molar-refractivity contribution < 1.29 is 23.7 Å². The van der Waals surface area contributed by atoms with E-state index < -0.39 is 0 Å². The van der Waals surface area contributed by atoms with Crippen molar-refractivity contribution in [2.75, 3.05) is 39.6 Å². The lowest BCUT2D eigenvalue weighted by Gasteiger charge is -2.13. The number of carbonyl (C=O) groups excluding carboxylic acids is 1. The fourth-order valence-electron chi connectivity index (χ4n) is 2.32. The average molecular weight is 352 g/mol. The van der Waals surface area contributed by atoms with Gasteiger partial charge in [0.05, 0.1) is 32.3 Å². The van der Waals surface area contributed by atoms with Crippen LogP contribution in [0.1, 0.15) is 39.5 Å². The molecule has 5 nitrogen and oxygen atoms in total. The first-order valence-electron chi connectivity index (χ1n) is 9.27. The van der Waals surface area contributed by atoms with Crippen molar-refractivity contribution in [1.82, 2.24) is 0 Å². The van der Waals surface area contributed by atoms with Crippen LogP contribution in [0.5, 0.6) is 5.75 Å². The molecular weight excluding hydrogens is 320 g/mol. The first-order valence-corrected chi connectivity index (χ1v) is 9.27. The van der Waals surface area contributed by atoms with Crippen LogP contribution in [0.3, 0.4) is 0 Å². The summed E-state index contributed by atoms with van der Waals surface area (Å²) in [6.07, 6.45) is 3.91. The van der Waals surface area contributed by atoms with E-state index in [1.165, 1.54) is 0 Å². The van der Waals surface area contributed by atoms with Crippen LogP contribution >= 0.6 is 0 Å². The topological polar surface area (TPSA) is 54.0 Å². The van der Waals surface area contributed by atoms with E-state index in [0.717, 1.165) is 31.4 Å². The van der Waals surface area contributed by atoms with Crippen LogP contribution in [0.4, 0.5) is 0 Å². The Kier molecular flexibility index (Phi) is 12.6. The van der Waals surface area contributed by atoms with Gasteiger partial charge < -0.3 is 18.9 Å². The molecule has 25 heavy (non-hydrogen) atoms. The summed E-state index contributed by atoms with van der Waals surface area (Å²) in [5.41, 5.74) is 0. The molecule has 0 heterocycles. The van der Waals surface area contributed by atoms with Gasteiger partial charge in [-0.2, -0.15) is 0 Å². The summed E-state index contributed by atoms with van der Waals surface area (Å²) >= 11 is 0. The van der Waals surface area contributed by atoms with Gasteiger partial charge in [0.15, 0.2) is 0 Å². The number of carbonyl (C=O) groups is 1. The molecule has 5 heteroatoms. The molecule has 1 rings (SSSR count). The minimum Gasteiger partial charge on any atom is -0.491 e. The third kappa shape index (κ3) is 10.8. The summed E-state index contributed by atoms with van der Waals surface area (Å²) in [7, 11) is 0. The number of hydrogen-bond acceptors (Lipinski definition) is 5. The third-order valence-electron chi connectivity index (χ3n) is 3.82. The fourth-order valence-corrected chi connectivity index (χ4v) is 2.32. The zero-order chi connectivity index (χ0) is 18.2. The molecule has 1 atom stereocenters. The highest BCUT2D eigenvalue weighted by atomic mass is 16.6. The van der Waals surface area contributed by atoms with Crippen LogP contribution in [-0.4, -0.2) is 45.6 Å². The van der Waals surface area contributed by atoms with Crippen molar-refractivity contribution in [2.24, 2.45) is 5.92 Å². The van der Waals surface area contributed by atoms with Gasteiger partial charge in [0.25, 0.3) is 0 Å². The molecular formula is C20H32O5. The van der Waals surface area contributed by atoms with E-state index in [2.05, 4.69) is 6.92 Å². The van der Waals surface area contributed by atoms with Gasteiger partial charge in [-0.05, 0) is 25.0 Å². The third-order valence-corrected chi connectivity index (χ3v) is 3.82. The summed E-state index contributed by atoms with van der Waals surface area (Å²) in [6.45, 7) is 6.87. The number of rotatable bonds is 15. The zero-order valence-electron chi connectivity index (χ0n) is 15.6. The number of para-hydroxylation sites is 1. The first-order chi connectivity index (χ1) is 12.3. The van der Waals surface area contributed by atoms with E-state index in [4.69, 9.17) is 18.9 Å². The lowest BCUT2D eigenvalue weighted by Crippen LogP contribution is -2.20. The van der Waals surface area contributed by atoms with Gasteiger partial charge in [0.1, 0.15) is 19.0 Å². The SMILES string of the molecule is CCCCC(CC)C(=O)OCCOCCOCCOc1ccccc1. The maximum absolute atomic E-state index is 11.9. The number of esters is 1. The second-order valence-electron chi connectivity index (χ2n) is 5.80. The van der Waals surface area contributed by atoms with Gasteiger partial charge in [-0.25, -0.2) is 0 Å². The summed E-state index contributed by atoms with van der Waals surface area (Å²) in [5.74, 6) is 0.759. The van der Waals surface area contributed by atoms with Crippen LogP contribution in [0.15, 0.2) is 30.3 Å². The molecule has 0 saturated carbocycles. The van der Waals surface area contributed by atoms with E-state index in [-0.39, 0.29) is 11.9 Å². The molecule has 1 aromatic carbocycles. The molecule has 0 aliphatic carbocycles. The first kappa shape index (κ1) is 21.5. The molecule has 0 saturated heterocycles. The van der Waals surface area contributed by atoms with Crippen LogP contribution in [0, 0.1) is 5.92 Å². The number of ether oxygens (including phenoxy) is 4. The van der Waals surface area contributed by atoms with Crippen molar-refractivity contribution in [3.63, 3.8) is 0 Å². The fraction of sp³-hybridized carbons (Fsp3) is 0.650. The maximum atomic E-state index is 11.9. The van der Waals surface area contributed by atoms with Crippen LogP contribution in [0.25, 0.3) is 0 Å². The number of benzene rings is 1. The molecule has 1 aromatic rings. The van der Waals surface area contributed by atoms with E-state index in [1.807, 2.05) is 37.3 Å². The van der Waals surface area contributed by atoms with Gasteiger partial charge in [0.2, 0.25) is 0 Å². The Morgan fingerprint density at radius 3 is 2.20 bits per heavy atom. The molecule has 0 spiro atoms. The Labute approximate surface area is 151 Å². The summed E-state index contributed by atoms with van der Waals surface area (Å²) < 4.78 is 21.6. The molecule has 0 aliphatic rings. The number of unbranched alkanes of at least 4 members (excludes halogenated alkanes) is 1. The van der Waals surface area contributed by atoms with Crippen molar-refractivity contribution in [1.29, 1.82) is 0 Å². The second-order valence-corrected chi connectivity index (χ2v) is 5.80. The van der Waals surface area contributed by atoms with E-state index in [9.17, 15) is 4.79 Å². The van der Waals surface area contributed by atoms with Gasteiger partial charge >= 0.3 is 5.97 Å². The smallest absolute Gasteiger partial charge is 0.308 e. The highest BCUT2D eigenvalue weighted by Gasteiger charge is 2.16. The summed E-state index contributed by atoms with van der Waals surface area (Å²) in [6, 6.07) is 9.64. The molecule has 0 amide bonds. The summed E-state index contributed by atoms with van der Waals surface area (Å²) in [4.78, 5) is 11.9. The summed E-state index contributed by atoms with van der Waals surface area (Å²) in [5, 5.41) is 0. The van der Waals surface area contributed by atoms with Crippen molar-refractivity contribution in [3.8, 4) is 5.75 Å². The molecule has 0 radical (unpaired) electrons. The molecule has 0 bridgehead atoms. The Hall–Kier alpha value is -1.59. The highest BCUT2D eigenvalue weighted by molar-refractivity contribution is 5.72. The minimum absolute atomic E-state index is 0.0212. The van der Waals surface area contributed by atoms with Crippen molar-refractivity contribution in [2.45, 2.75) is 39.5 Å². The van der Waals surface area contributed by atoms with Crippen molar-refractivity contribution in [3.05, 3.63) is 30.3 Å². The lowest BCUT2D eigenvalue weighted by atomic mass is 10.00. The molecule has 0 aliphatic heterocycles. The standard InChI is InChI=1S/C20H32O5/c1-3-5-9-18(4-2)20(21)25-17-15-23-13-12-22-14-16-24-19-10-7-6-8-11-19/h6-8,10-11,18H,3-5,9,12-17H2,1-2H3. The largest absolute Gasteiger partial charge is 0.491 e. The minimum atomic E-state index is -0.103. The molecule has 142 valence electrons. The predicted molar refractivity (Wildman–Crippen MR) is 97.8 cm³/mol. The van der Waals surface area contributed by atoms with Crippen LogP contribution in [0.2, 0.25) is 0 Å². The second kappa shape index (κ2) is 14.7. The van der Waals surface area contributed by atoms with E-state index >= 15 is 0 Å². The zero-order valence-corrected chi connectivity index (χ0v) is 15.6. The van der Waals surface area contributed by atoms with Crippen molar-refractivity contribution >= 4 is 5.97 Å². The highest BCUT2D eigenvalue weighted by Crippen LogP contribution is 2.14. The molecule has 0 aromatic heterocycles. The van der Waals surface area contributed by atoms with Gasteiger partial charge in [0, 0.05) is 0 Å². The van der Waals surface area contributed by atoms with Gasteiger partial charge in [-0.15, -0.1) is 0 Å². The molecule has 1 unspecified atom stereocenters. The van der Waals surface area contributed by atoms with Gasteiger partial charge in [-0.3, -0.25) is 4.79 Å². The molecule has 0 fully saturated rings. The average Bonchev–Trinajstić information content (AvgIpc) is 2.64. The quantitative estimate of drug-likeness (QED) is 0.354. The van der Waals surface area contributed by atoms with E-state index in [0.29, 0.717) is 39.6 Å². The van der Waals surface area contributed by atoms with Crippen LogP contribution in [-0.2, 0) is 19.0 Å². The Bertz CT molecular complexity index is 435. The predicted octanol–water partition coefficient (Wildman–Crippen LogP) is 3.86. The van der Waals surface area contributed by atoms with Gasteiger partial charge in [-0.1, -0.05) is 44.9 Å². The lowest BCUT2D eigenvalue weighted by molar-refractivity contribution is -0.150. The Balaban J connectivity index is 1.90. The Morgan fingerprint density at radius 1 is 0.920 bits per heavy atom. The van der Waals surface area contributed by atoms with Crippen LogP contribution < -0.4 is 4.74 Å². The Morgan fingerprint density at radius 2 is 1.56 bits per heavy atom. The monoisotopic (exact) mass is 352 g/mol. The van der Waals surface area contributed by atoms with E-state index in [1.54, 1.807) is 0 Å². The normalized spacial score (nSPS) is 11.9. The maximum Gasteiger partial charge on any atom is 0.308 e.